The Balaban J connectivity index is 1.67. The molecule has 0 amide bonds. The van der Waals surface area contributed by atoms with Gasteiger partial charge in [-0.2, -0.15) is 4.68 Å². The number of nitrogens with zero attached hydrogens (tertiary/aromatic N) is 6. The molecule has 4 rings (SSSR count). The van der Waals surface area contributed by atoms with Crippen LogP contribution in [-0.4, -0.2) is 36.4 Å². The van der Waals surface area contributed by atoms with Crippen LogP contribution in [0, 0.1) is 10.1 Å². The fourth-order valence-corrected chi connectivity index (χ4v) is 2.82. The Bertz CT molecular complexity index is 1100. The SMILES string of the molecule is O=[N+]([O-])c1c(NCCc2ccccc2)ncnc1-n1nnc2ccccc21. The summed E-state index contributed by atoms with van der Waals surface area (Å²) in [5, 5.41) is 22.8. The fourth-order valence-electron chi connectivity index (χ4n) is 2.82. The Labute approximate surface area is 153 Å². The van der Waals surface area contributed by atoms with E-state index in [2.05, 4.69) is 25.6 Å². The zero-order valence-corrected chi connectivity index (χ0v) is 14.2. The van der Waals surface area contributed by atoms with E-state index in [4.69, 9.17) is 0 Å². The van der Waals surface area contributed by atoms with Gasteiger partial charge >= 0.3 is 5.69 Å². The molecular formula is C18H15N7O2. The number of nitrogens with one attached hydrogen (secondary N) is 1. The van der Waals surface area contributed by atoms with Gasteiger partial charge in [-0.3, -0.25) is 10.1 Å². The van der Waals surface area contributed by atoms with E-state index < -0.39 is 4.92 Å². The van der Waals surface area contributed by atoms with Gasteiger partial charge in [0.15, 0.2) is 0 Å². The van der Waals surface area contributed by atoms with Gasteiger partial charge in [0.2, 0.25) is 11.6 Å². The molecule has 0 aliphatic carbocycles. The van der Waals surface area contributed by atoms with Crippen molar-refractivity contribution >= 4 is 22.5 Å². The van der Waals surface area contributed by atoms with Crippen molar-refractivity contribution in [3.8, 4) is 5.82 Å². The summed E-state index contributed by atoms with van der Waals surface area (Å²) >= 11 is 0. The quantitative estimate of drug-likeness (QED) is 0.415. The summed E-state index contributed by atoms with van der Waals surface area (Å²) in [6, 6.07) is 17.1. The summed E-state index contributed by atoms with van der Waals surface area (Å²) in [6.07, 6.45) is 1.99. The van der Waals surface area contributed by atoms with Gasteiger partial charge in [-0.1, -0.05) is 47.7 Å². The van der Waals surface area contributed by atoms with Crippen molar-refractivity contribution < 1.29 is 4.92 Å². The second kappa shape index (κ2) is 7.16. The molecule has 4 aromatic rings. The highest BCUT2D eigenvalue weighted by atomic mass is 16.6. The van der Waals surface area contributed by atoms with E-state index in [1.807, 2.05) is 42.5 Å². The third-order valence-electron chi connectivity index (χ3n) is 4.09. The van der Waals surface area contributed by atoms with Gasteiger partial charge in [0.25, 0.3) is 0 Å². The van der Waals surface area contributed by atoms with E-state index in [-0.39, 0.29) is 17.3 Å². The number of hydrogen-bond acceptors (Lipinski definition) is 7. The normalized spacial score (nSPS) is 10.8. The summed E-state index contributed by atoms with van der Waals surface area (Å²) in [4.78, 5) is 19.4. The maximum atomic E-state index is 11.7. The molecular weight excluding hydrogens is 346 g/mol. The Morgan fingerprint density at radius 3 is 2.63 bits per heavy atom. The molecule has 0 spiro atoms. The molecule has 0 bridgehead atoms. The van der Waals surface area contributed by atoms with Crippen LogP contribution in [0.4, 0.5) is 11.5 Å². The Morgan fingerprint density at radius 2 is 1.81 bits per heavy atom. The largest absolute Gasteiger partial charge is 0.364 e. The molecule has 2 aromatic carbocycles. The van der Waals surface area contributed by atoms with E-state index in [1.165, 1.54) is 11.0 Å². The van der Waals surface area contributed by atoms with Crippen LogP contribution in [0.3, 0.4) is 0 Å². The van der Waals surface area contributed by atoms with Gasteiger partial charge < -0.3 is 5.32 Å². The molecule has 0 radical (unpaired) electrons. The van der Waals surface area contributed by atoms with Crippen LogP contribution in [0.1, 0.15) is 5.56 Å². The first-order valence-electron chi connectivity index (χ1n) is 8.32. The molecule has 0 saturated heterocycles. The van der Waals surface area contributed by atoms with Crippen molar-refractivity contribution in [2.45, 2.75) is 6.42 Å². The van der Waals surface area contributed by atoms with Crippen LogP contribution in [0.2, 0.25) is 0 Å². The zero-order valence-electron chi connectivity index (χ0n) is 14.2. The van der Waals surface area contributed by atoms with E-state index >= 15 is 0 Å². The van der Waals surface area contributed by atoms with E-state index in [9.17, 15) is 10.1 Å². The lowest BCUT2D eigenvalue weighted by molar-refractivity contribution is -0.384. The monoisotopic (exact) mass is 361 g/mol. The standard InChI is InChI=1S/C18H15N7O2/c26-25(27)16-17(19-11-10-13-6-2-1-3-7-13)20-12-21-18(16)24-15-9-5-4-8-14(15)22-23-24/h1-9,12H,10-11H2,(H,19,20,21). The number of anilines is 1. The molecule has 2 heterocycles. The first-order valence-corrected chi connectivity index (χ1v) is 8.32. The maximum Gasteiger partial charge on any atom is 0.355 e. The summed E-state index contributed by atoms with van der Waals surface area (Å²) in [5.41, 5.74) is 2.16. The van der Waals surface area contributed by atoms with Gasteiger partial charge in [-0.05, 0) is 24.1 Å². The predicted molar refractivity (Wildman–Crippen MR) is 99.7 cm³/mol. The number of rotatable bonds is 6. The van der Waals surface area contributed by atoms with Crippen LogP contribution < -0.4 is 5.32 Å². The predicted octanol–water partition coefficient (Wildman–Crippen LogP) is 2.77. The van der Waals surface area contributed by atoms with Crippen molar-refractivity contribution in [2.75, 3.05) is 11.9 Å². The van der Waals surface area contributed by atoms with Crippen LogP contribution in [0.5, 0.6) is 0 Å². The first-order chi connectivity index (χ1) is 13.2. The van der Waals surface area contributed by atoms with Crippen molar-refractivity contribution in [1.29, 1.82) is 0 Å². The van der Waals surface area contributed by atoms with Crippen LogP contribution in [-0.2, 0) is 6.42 Å². The van der Waals surface area contributed by atoms with Crippen molar-refractivity contribution in [1.82, 2.24) is 25.0 Å². The second-order valence-electron chi connectivity index (χ2n) is 5.80. The molecule has 0 aliphatic heterocycles. The molecule has 0 atom stereocenters. The van der Waals surface area contributed by atoms with Crippen molar-refractivity contribution in [3.63, 3.8) is 0 Å². The number of benzene rings is 2. The number of para-hydroxylation sites is 1. The average Bonchev–Trinajstić information content (AvgIpc) is 3.12. The van der Waals surface area contributed by atoms with Gasteiger partial charge in [-0.15, -0.1) is 5.10 Å². The molecule has 2 aromatic heterocycles. The highest BCUT2D eigenvalue weighted by Gasteiger charge is 2.26. The van der Waals surface area contributed by atoms with Crippen molar-refractivity contribution in [2.24, 2.45) is 0 Å². The van der Waals surface area contributed by atoms with Crippen molar-refractivity contribution in [3.05, 3.63) is 76.6 Å². The zero-order chi connectivity index (χ0) is 18.6. The maximum absolute atomic E-state index is 11.7. The average molecular weight is 361 g/mol. The Morgan fingerprint density at radius 1 is 1.04 bits per heavy atom. The molecule has 1 N–H and O–H groups in total. The lowest BCUT2D eigenvalue weighted by Gasteiger charge is -2.08. The number of fused-ring (bicyclic) bond motifs is 1. The third kappa shape index (κ3) is 3.30. The van der Waals surface area contributed by atoms with E-state index in [1.54, 1.807) is 12.1 Å². The van der Waals surface area contributed by atoms with Gasteiger partial charge in [-0.25, -0.2) is 9.97 Å². The molecule has 0 unspecified atom stereocenters. The minimum Gasteiger partial charge on any atom is -0.364 e. The van der Waals surface area contributed by atoms with Gasteiger partial charge in [0, 0.05) is 6.54 Å². The van der Waals surface area contributed by atoms with Crippen LogP contribution in [0.25, 0.3) is 16.9 Å². The molecule has 0 saturated carbocycles. The Kier molecular flexibility index (Phi) is 4.40. The second-order valence-corrected chi connectivity index (χ2v) is 5.80. The minimum absolute atomic E-state index is 0.0749. The van der Waals surface area contributed by atoms with Crippen LogP contribution in [0.15, 0.2) is 60.9 Å². The summed E-state index contributed by atoms with van der Waals surface area (Å²) < 4.78 is 1.36. The van der Waals surface area contributed by atoms with Gasteiger partial charge in [0.1, 0.15) is 11.8 Å². The summed E-state index contributed by atoms with van der Waals surface area (Å²) in [7, 11) is 0. The smallest absolute Gasteiger partial charge is 0.355 e. The van der Waals surface area contributed by atoms with E-state index in [0.29, 0.717) is 24.0 Å². The lowest BCUT2D eigenvalue weighted by atomic mass is 10.1. The highest BCUT2D eigenvalue weighted by molar-refractivity contribution is 5.77. The molecule has 27 heavy (non-hydrogen) atoms. The fraction of sp³-hybridized carbons (Fsp3) is 0.111. The Hall–Kier alpha value is -3.88. The molecule has 0 fully saturated rings. The number of hydrogen-bond donors (Lipinski definition) is 1. The molecule has 9 nitrogen and oxygen atoms in total. The molecule has 134 valence electrons. The topological polar surface area (TPSA) is 112 Å². The first kappa shape index (κ1) is 16.6. The lowest BCUT2D eigenvalue weighted by Crippen LogP contribution is -2.12. The highest BCUT2D eigenvalue weighted by Crippen LogP contribution is 2.29. The summed E-state index contributed by atoms with van der Waals surface area (Å²) in [5.74, 6) is 0.228. The number of nitro groups is 1. The third-order valence-corrected chi connectivity index (χ3v) is 4.09. The van der Waals surface area contributed by atoms with E-state index in [0.717, 1.165) is 5.56 Å². The molecule has 0 aliphatic rings. The molecule has 9 heteroatoms. The number of aromatic nitrogens is 5. The summed E-state index contributed by atoms with van der Waals surface area (Å²) in [6.45, 7) is 0.499. The van der Waals surface area contributed by atoms with Crippen LogP contribution >= 0.6 is 0 Å². The minimum atomic E-state index is -0.503. The van der Waals surface area contributed by atoms with Gasteiger partial charge in [0.05, 0.1) is 10.4 Å².